The Hall–Kier alpha value is -3.45. The van der Waals surface area contributed by atoms with E-state index in [4.69, 9.17) is 21.1 Å². The van der Waals surface area contributed by atoms with E-state index in [1.165, 1.54) is 11.6 Å². The van der Waals surface area contributed by atoms with Crippen molar-refractivity contribution < 1.29 is 9.47 Å². The molecule has 0 unspecified atom stereocenters. The lowest BCUT2D eigenvalue weighted by Gasteiger charge is -2.19. The molecule has 3 heterocycles. The van der Waals surface area contributed by atoms with Gasteiger partial charge in [-0.25, -0.2) is 4.79 Å². The summed E-state index contributed by atoms with van der Waals surface area (Å²) in [6, 6.07) is 12.9. The number of hydrogen-bond acceptors (Lipinski definition) is 4. The van der Waals surface area contributed by atoms with E-state index in [9.17, 15) is 9.59 Å². The van der Waals surface area contributed by atoms with Gasteiger partial charge in [-0.2, -0.15) is 0 Å². The second kappa shape index (κ2) is 6.81. The van der Waals surface area contributed by atoms with Crippen molar-refractivity contribution in [3.05, 3.63) is 74.5 Å². The van der Waals surface area contributed by atoms with Gasteiger partial charge in [0.1, 0.15) is 13.2 Å². The van der Waals surface area contributed by atoms with Crippen molar-refractivity contribution in [1.82, 2.24) is 13.7 Å². The summed E-state index contributed by atoms with van der Waals surface area (Å²) >= 11 is 6.52. The molecule has 7 nitrogen and oxygen atoms in total. The lowest BCUT2D eigenvalue weighted by Crippen LogP contribution is -2.36. The molecule has 2 aromatic heterocycles. The summed E-state index contributed by atoms with van der Waals surface area (Å²) in [5.74, 6) is 1.30. The average molecular weight is 424 g/mol. The molecule has 0 fully saturated rings. The van der Waals surface area contributed by atoms with Crippen molar-refractivity contribution >= 4 is 22.5 Å². The van der Waals surface area contributed by atoms with E-state index in [0.717, 1.165) is 10.3 Å². The number of hydrogen-bond donors (Lipinski definition) is 0. The highest BCUT2D eigenvalue weighted by Crippen LogP contribution is 2.38. The van der Waals surface area contributed by atoms with Crippen molar-refractivity contribution in [3.8, 4) is 28.4 Å². The third-order valence-electron chi connectivity index (χ3n) is 5.37. The first-order valence-corrected chi connectivity index (χ1v) is 9.81. The highest BCUT2D eigenvalue weighted by atomic mass is 35.5. The van der Waals surface area contributed by atoms with Crippen LogP contribution in [0.15, 0.2) is 58.3 Å². The Kier molecular flexibility index (Phi) is 4.22. The molecule has 0 amide bonds. The van der Waals surface area contributed by atoms with Crippen molar-refractivity contribution in [3.63, 3.8) is 0 Å². The maximum atomic E-state index is 13.1. The Morgan fingerprint density at radius 2 is 1.67 bits per heavy atom. The molecule has 152 valence electrons. The summed E-state index contributed by atoms with van der Waals surface area (Å²) < 4.78 is 15.8. The number of aromatic nitrogens is 3. The van der Waals surface area contributed by atoms with Crippen LogP contribution in [-0.4, -0.2) is 26.9 Å². The fourth-order valence-electron chi connectivity index (χ4n) is 3.84. The Morgan fingerprint density at radius 3 is 2.43 bits per heavy atom. The number of rotatable bonds is 2. The molecule has 0 aliphatic carbocycles. The van der Waals surface area contributed by atoms with Crippen LogP contribution in [0, 0.1) is 0 Å². The normalized spacial score (nSPS) is 13.0. The molecule has 8 heteroatoms. The lowest BCUT2D eigenvalue weighted by molar-refractivity contribution is 0.171. The molecule has 0 radical (unpaired) electrons. The van der Waals surface area contributed by atoms with Crippen LogP contribution in [0.25, 0.3) is 27.8 Å². The smallest absolute Gasteiger partial charge is 0.330 e. The Labute approximate surface area is 176 Å². The molecule has 1 aliphatic heterocycles. The van der Waals surface area contributed by atoms with Gasteiger partial charge in [0, 0.05) is 42.6 Å². The number of aryl methyl sites for hydroxylation is 1. The fraction of sp³-hybridized carbons (Fsp3) is 0.182. The zero-order chi connectivity index (χ0) is 21.0. The summed E-state index contributed by atoms with van der Waals surface area (Å²) in [6.07, 6.45) is 1.78. The molecule has 2 aromatic carbocycles. The number of nitrogens with zero attached hydrogens (tertiary/aromatic N) is 3. The summed E-state index contributed by atoms with van der Waals surface area (Å²) in [4.78, 5) is 25.6. The zero-order valence-corrected chi connectivity index (χ0v) is 17.1. The number of fused-ring (bicyclic) bond motifs is 2. The standard InChI is InChI=1S/C22H18ClN3O4/c1-24-16-12-26(13-7-8-17-18(11-13)30-10-9-29-17)20(14-5-3-4-6-15(14)23)19(16)21(27)25(2)22(24)28/h3-8,11-12H,9-10H2,1-2H3. The predicted molar refractivity (Wildman–Crippen MR) is 115 cm³/mol. The summed E-state index contributed by atoms with van der Waals surface area (Å²) in [5.41, 5.74) is 1.83. The second-order valence-electron chi connectivity index (χ2n) is 7.12. The van der Waals surface area contributed by atoms with Crippen molar-refractivity contribution in [2.45, 2.75) is 0 Å². The molecule has 0 atom stereocenters. The molecule has 0 spiro atoms. The minimum atomic E-state index is -0.391. The fourth-order valence-corrected chi connectivity index (χ4v) is 4.07. The third kappa shape index (κ3) is 2.66. The first-order valence-electron chi connectivity index (χ1n) is 9.43. The third-order valence-corrected chi connectivity index (χ3v) is 5.70. The van der Waals surface area contributed by atoms with E-state index < -0.39 is 5.69 Å². The van der Waals surface area contributed by atoms with E-state index in [2.05, 4.69) is 0 Å². The van der Waals surface area contributed by atoms with E-state index >= 15 is 0 Å². The maximum Gasteiger partial charge on any atom is 0.330 e. The average Bonchev–Trinajstić information content (AvgIpc) is 3.17. The first-order chi connectivity index (χ1) is 14.5. The van der Waals surface area contributed by atoms with Crippen LogP contribution in [0.2, 0.25) is 5.02 Å². The number of benzene rings is 2. The minimum absolute atomic E-state index is 0.376. The van der Waals surface area contributed by atoms with E-state index in [1.807, 2.05) is 41.0 Å². The Bertz CT molecular complexity index is 1430. The molecule has 4 aromatic rings. The van der Waals surface area contributed by atoms with Crippen LogP contribution < -0.4 is 20.7 Å². The van der Waals surface area contributed by atoms with Crippen LogP contribution in [-0.2, 0) is 14.1 Å². The van der Waals surface area contributed by atoms with Gasteiger partial charge in [0.2, 0.25) is 0 Å². The van der Waals surface area contributed by atoms with Crippen LogP contribution >= 0.6 is 11.6 Å². The lowest BCUT2D eigenvalue weighted by atomic mass is 10.1. The van der Waals surface area contributed by atoms with Gasteiger partial charge in [0.05, 0.1) is 16.6 Å². The molecule has 0 bridgehead atoms. The molecule has 1 aliphatic rings. The topological polar surface area (TPSA) is 67.4 Å². The van der Waals surface area contributed by atoms with Crippen molar-refractivity contribution in [2.24, 2.45) is 14.1 Å². The highest BCUT2D eigenvalue weighted by Gasteiger charge is 2.22. The number of halogens is 1. The van der Waals surface area contributed by atoms with E-state index in [0.29, 0.717) is 51.9 Å². The van der Waals surface area contributed by atoms with Crippen molar-refractivity contribution in [1.29, 1.82) is 0 Å². The summed E-state index contributed by atoms with van der Waals surface area (Å²) in [5, 5.41) is 0.926. The Morgan fingerprint density at radius 1 is 0.933 bits per heavy atom. The highest BCUT2D eigenvalue weighted by molar-refractivity contribution is 6.33. The summed E-state index contributed by atoms with van der Waals surface area (Å²) in [6.45, 7) is 0.972. The molecular weight excluding hydrogens is 406 g/mol. The molecular formula is C22H18ClN3O4. The SMILES string of the molecule is Cn1c(=O)c2c(-c3ccccc3Cl)n(-c3ccc4c(c3)OCCO4)cc2n(C)c1=O. The number of ether oxygens (including phenoxy) is 2. The van der Waals surface area contributed by atoms with Gasteiger partial charge in [-0.3, -0.25) is 13.9 Å². The van der Waals surface area contributed by atoms with Gasteiger partial charge < -0.3 is 14.0 Å². The molecule has 0 saturated carbocycles. The predicted octanol–water partition coefficient (Wildman–Crippen LogP) is 3.12. The maximum absolute atomic E-state index is 13.1. The monoisotopic (exact) mass is 423 g/mol. The van der Waals surface area contributed by atoms with Gasteiger partial charge >= 0.3 is 5.69 Å². The summed E-state index contributed by atoms with van der Waals surface area (Å²) in [7, 11) is 3.12. The minimum Gasteiger partial charge on any atom is -0.486 e. The van der Waals surface area contributed by atoms with Gasteiger partial charge in [-0.15, -0.1) is 0 Å². The van der Waals surface area contributed by atoms with Crippen LogP contribution in [0.1, 0.15) is 0 Å². The van der Waals surface area contributed by atoms with Crippen LogP contribution in [0.3, 0.4) is 0 Å². The van der Waals surface area contributed by atoms with E-state index in [-0.39, 0.29) is 5.56 Å². The van der Waals surface area contributed by atoms with E-state index in [1.54, 1.807) is 19.3 Å². The van der Waals surface area contributed by atoms with Crippen LogP contribution in [0.4, 0.5) is 0 Å². The van der Waals surface area contributed by atoms with Gasteiger partial charge in [0.15, 0.2) is 11.5 Å². The van der Waals surface area contributed by atoms with Crippen LogP contribution in [0.5, 0.6) is 11.5 Å². The Balaban J connectivity index is 1.91. The zero-order valence-electron chi connectivity index (χ0n) is 16.4. The quantitative estimate of drug-likeness (QED) is 0.497. The second-order valence-corrected chi connectivity index (χ2v) is 7.53. The molecule has 5 rings (SSSR count). The molecule has 0 N–H and O–H groups in total. The molecule has 30 heavy (non-hydrogen) atoms. The van der Waals surface area contributed by atoms with Gasteiger partial charge in [-0.1, -0.05) is 29.8 Å². The largest absolute Gasteiger partial charge is 0.486 e. The first kappa shape index (κ1) is 18.6. The van der Waals surface area contributed by atoms with Gasteiger partial charge in [-0.05, 0) is 18.2 Å². The van der Waals surface area contributed by atoms with Gasteiger partial charge in [0.25, 0.3) is 5.56 Å². The molecule has 0 saturated heterocycles. The van der Waals surface area contributed by atoms with Crippen molar-refractivity contribution in [2.75, 3.05) is 13.2 Å².